The Hall–Kier alpha value is -0.540. The molecule has 0 radical (unpaired) electrons. The van der Waals surface area contributed by atoms with Gasteiger partial charge in [-0.25, -0.2) is 0 Å². The molecule has 1 aliphatic carbocycles. The average Bonchev–Trinajstić information content (AvgIpc) is 2.42. The van der Waals surface area contributed by atoms with Crippen LogP contribution in [0.5, 0.6) is 5.75 Å². The molecule has 1 N–H and O–H groups in total. The number of ether oxygens (including phenoxy) is 1. The zero-order chi connectivity index (χ0) is 14.9. The Morgan fingerprint density at radius 3 is 2.40 bits per heavy atom. The van der Waals surface area contributed by atoms with Gasteiger partial charge in [0.05, 0.1) is 13.2 Å². The highest BCUT2D eigenvalue weighted by Crippen LogP contribution is 2.43. The number of benzene rings is 1. The Labute approximate surface area is 130 Å². The van der Waals surface area contributed by atoms with Crippen LogP contribution in [0.2, 0.25) is 0 Å². The smallest absolute Gasteiger partial charge is 0.127 e. The summed E-state index contributed by atoms with van der Waals surface area (Å²) in [5.41, 5.74) is 3.14. The van der Waals surface area contributed by atoms with Crippen LogP contribution in [0.1, 0.15) is 55.4 Å². The van der Waals surface area contributed by atoms with Crippen LogP contribution in [0.3, 0.4) is 0 Å². The Bertz CT molecular complexity index is 476. The topological polar surface area (TPSA) is 29.5 Å². The van der Waals surface area contributed by atoms with Crippen LogP contribution in [0, 0.1) is 25.7 Å². The number of methoxy groups -OCH3 is 1. The lowest BCUT2D eigenvalue weighted by Crippen LogP contribution is -2.20. The number of hydrogen-bond donors (Lipinski definition) is 1. The van der Waals surface area contributed by atoms with Gasteiger partial charge in [-0.15, -0.1) is 0 Å². The maximum Gasteiger partial charge on any atom is 0.127 e. The highest BCUT2D eigenvalue weighted by atomic mass is 79.9. The van der Waals surface area contributed by atoms with E-state index < -0.39 is 6.10 Å². The fraction of sp³-hybridized carbons (Fsp3) is 0.647. The molecule has 1 aromatic carbocycles. The average molecular weight is 341 g/mol. The van der Waals surface area contributed by atoms with Crippen molar-refractivity contribution in [2.24, 2.45) is 11.8 Å². The monoisotopic (exact) mass is 340 g/mol. The number of rotatable bonds is 3. The van der Waals surface area contributed by atoms with Crippen molar-refractivity contribution in [1.29, 1.82) is 0 Å². The summed E-state index contributed by atoms with van der Waals surface area (Å²) in [4.78, 5) is 0. The summed E-state index contributed by atoms with van der Waals surface area (Å²) in [5, 5.41) is 10.9. The van der Waals surface area contributed by atoms with Crippen molar-refractivity contribution in [2.75, 3.05) is 7.11 Å². The Morgan fingerprint density at radius 1 is 1.25 bits per heavy atom. The first-order chi connectivity index (χ1) is 9.45. The summed E-state index contributed by atoms with van der Waals surface area (Å²) in [6, 6.07) is 2.06. The van der Waals surface area contributed by atoms with Crippen molar-refractivity contribution in [3.8, 4) is 5.75 Å². The van der Waals surface area contributed by atoms with Crippen LogP contribution in [0.4, 0.5) is 0 Å². The molecule has 0 heterocycles. The molecule has 1 saturated carbocycles. The Balaban J connectivity index is 2.35. The van der Waals surface area contributed by atoms with Crippen molar-refractivity contribution in [2.45, 2.75) is 52.6 Å². The predicted molar refractivity (Wildman–Crippen MR) is 86.2 cm³/mol. The molecule has 1 aliphatic rings. The Kier molecular flexibility index (Phi) is 5.14. The number of halogens is 1. The molecule has 1 fully saturated rings. The zero-order valence-electron chi connectivity index (χ0n) is 12.9. The van der Waals surface area contributed by atoms with Gasteiger partial charge in [-0.2, -0.15) is 0 Å². The predicted octanol–water partition coefficient (Wildman–Crippen LogP) is 4.93. The molecular formula is C17H25BrO2. The molecule has 1 aromatic rings. The van der Waals surface area contributed by atoms with E-state index in [1.54, 1.807) is 7.11 Å². The molecule has 2 rings (SSSR count). The summed E-state index contributed by atoms with van der Waals surface area (Å²) in [6.07, 6.45) is 4.23. The molecule has 112 valence electrons. The van der Waals surface area contributed by atoms with Crippen LogP contribution in [0.15, 0.2) is 10.5 Å². The number of hydrogen-bond acceptors (Lipinski definition) is 2. The van der Waals surface area contributed by atoms with Gasteiger partial charge < -0.3 is 9.84 Å². The van der Waals surface area contributed by atoms with E-state index in [0.717, 1.165) is 45.7 Å². The van der Waals surface area contributed by atoms with E-state index in [1.165, 1.54) is 12.8 Å². The number of aryl methyl sites for hydroxylation is 1. The summed E-state index contributed by atoms with van der Waals surface area (Å²) >= 11 is 3.60. The van der Waals surface area contributed by atoms with E-state index in [4.69, 9.17) is 4.74 Å². The lowest BCUT2D eigenvalue weighted by molar-refractivity contribution is 0.0727. The fourth-order valence-electron chi connectivity index (χ4n) is 3.34. The molecule has 0 spiro atoms. The lowest BCUT2D eigenvalue weighted by Gasteiger charge is -2.32. The minimum Gasteiger partial charge on any atom is -0.496 e. The van der Waals surface area contributed by atoms with Crippen molar-refractivity contribution in [3.05, 3.63) is 27.2 Å². The van der Waals surface area contributed by atoms with Gasteiger partial charge in [0.15, 0.2) is 0 Å². The molecule has 0 bridgehead atoms. The van der Waals surface area contributed by atoms with Gasteiger partial charge in [0.2, 0.25) is 0 Å². The first-order valence-electron chi connectivity index (χ1n) is 7.47. The van der Waals surface area contributed by atoms with Gasteiger partial charge >= 0.3 is 0 Å². The van der Waals surface area contributed by atoms with E-state index in [1.807, 2.05) is 6.92 Å². The highest BCUT2D eigenvalue weighted by molar-refractivity contribution is 9.10. The fourth-order valence-corrected chi connectivity index (χ4v) is 3.90. The van der Waals surface area contributed by atoms with E-state index in [-0.39, 0.29) is 0 Å². The van der Waals surface area contributed by atoms with Crippen molar-refractivity contribution >= 4 is 15.9 Å². The quantitative estimate of drug-likeness (QED) is 0.844. The molecule has 0 saturated heterocycles. The number of aliphatic hydroxyl groups excluding tert-OH is 1. The number of aliphatic hydroxyl groups is 1. The minimum atomic E-state index is -0.423. The Morgan fingerprint density at radius 2 is 1.85 bits per heavy atom. The summed E-state index contributed by atoms with van der Waals surface area (Å²) in [5.74, 6) is 2.00. The molecule has 1 atom stereocenters. The van der Waals surface area contributed by atoms with Crippen molar-refractivity contribution in [1.82, 2.24) is 0 Å². The molecule has 2 nitrogen and oxygen atoms in total. The van der Waals surface area contributed by atoms with Gasteiger partial charge in [-0.3, -0.25) is 0 Å². The third-order valence-corrected chi connectivity index (χ3v) is 5.54. The van der Waals surface area contributed by atoms with Crippen LogP contribution in [-0.4, -0.2) is 12.2 Å². The maximum atomic E-state index is 10.9. The first kappa shape index (κ1) is 15.8. The SMILES string of the molecule is COc1c(C)cc(Br)c(C)c1C(O)C1CCC(C)CC1. The minimum absolute atomic E-state index is 0.354. The molecule has 0 aliphatic heterocycles. The van der Waals surface area contributed by atoms with Crippen LogP contribution in [0.25, 0.3) is 0 Å². The summed E-state index contributed by atoms with van der Waals surface area (Å²) in [7, 11) is 1.69. The van der Waals surface area contributed by atoms with Crippen molar-refractivity contribution < 1.29 is 9.84 Å². The van der Waals surface area contributed by atoms with Crippen LogP contribution >= 0.6 is 15.9 Å². The van der Waals surface area contributed by atoms with Gasteiger partial charge in [0, 0.05) is 10.0 Å². The first-order valence-corrected chi connectivity index (χ1v) is 8.26. The molecular weight excluding hydrogens is 316 g/mol. The third kappa shape index (κ3) is 3.04. The highest BCUT2D eigenvalue weighted by Gasteiger charge is 2.29. The van der Waals surface area contributed by atoms with Crippen molar-refractivity contribution in [3.63, 3.8) is 0 Å². The second-order valence-corrected chi connectivity index (χ2v) is 7.07. The second kappa shape index (κ2) is 6.48. The zero-order valence-corrected chi connectivity index (χ0v) is 14.5. The molecule has 0 amide bonds. The normalized spacial score (nSPS) is 24.5. The standard InChI is InChI=1S/C17H25BrO2/c1-10-5-7-13(8-6-10)16(19)15-12(3)14(18)9-11(2)17(15)20-4/h9-10,13,16,19H,5-8H2,1-4H3. The lowest BCUT2D eigenvalue weighted by atomic mass is 9.77. The van der Waals surface area contributed by atoms with Crippen LogP contribution in [-0.2, 0) is 0 Å². The largest absolute Gasteiger partial charge is 0.496 e. The van der Waals surface area contributed by atoms with Gasteiger partial charge in [-0.1, -0.05) is 35.7 Å². The second-order valence-electron chi connectivity index (χ2n) is 6.21. The molecule has 1 unspecified atom stereocenters. The van der Waals surface area contributed by atoms with E-state index >= 15 is 0 Å². The molecule has 20 heavy (non-hydrogen) atoms. The van der Waals surface area contributed by atoms with Gasteiger partial charge in [0.1, 0.15) is 5.75 Å². The van der Waals surface area contributed by atoms with E-state index in [0.29, 0.717) is 5.92 Å². The van der Waals surface area contributed by atoms with Gasteiger partial charge in [-0.05, 0) is 55.7 Å². The molecule has 0 aromatic heterocycles. The van der Waals surface area contributed by atoms with Crippen LogP contribution < -0.4 is 4.74 Å². The third-order valence-electron chi connectivity index (χ3n) is 4.72. The maximum absolute atomic E-state index is 10.9. The molecule has 3 heteroatoms. The summed E-state index contributed by atoms with van der Waals surface area (Å²) < 4.78 is 6.61. The van der Waals surface area contributed by atoms with E-state index in [9.17, 15) is 5.11 Å². The van der Waals surface area contributed by atoms with E-state index in [2.05, 4.69) is 35.8 Å². The van der Waals surface area contributed by atoms with Gasteiger partial charge in [0.25, 0.3) is 0 Å². The summed E-state index contributed by atoms with van der Waals surface area (Å²) in [6.45, 7) is 6.38.